The van der Waals surface area contributed by atoms with Crippen LogP contribution >= 0.6 is 0 Å². The lowest BCUT2D eigenvalue weighted by atomic mass is 10.2. The molecule has 0 saturated carbocycles. The summed E-state index contributed by atoms with van der Waals surface area (Å²) >= 11 is 0. The number of para-hydroxylation sites is 1. The van der Waals surface area contributed by atoms with Crippen molar-refractivity contribution >= 4 is 18.0 Å². The molecule has 3 N–H and O–H groups in total. The van der Waals surface area contributed by atoms with Gasteiger partial charge in [0.15, 0.2) is 11.5 Å². The van der Waals surface area contributed by atoms with E-state index in [-0.39, 0.29) is 12.2 Å². The number of phenols is 1. The average Bonchev–Trinajstić information content (AvgIpc) is 2.47. The highest BCUT2D eigenvalue weighted by Crippen LogP contribution is 2.27. The van der Waals surface area contributed by atoms with Crippen LogP contribution in [0.3, 0.4) is 0 Å². The Morgan fingerprint density at radius 2 is 2.19 bits per heavy atom. The fraction of sp³-hybridized carbons (Fsp3) is 0.214. The molecule has 0 fully saturated rings. The molecule has 0 radical (unpaired) electrons. The van der Waals surface area contributed by atoms with Gasteiger partial charge in [-0.1, -0.05) is 12.1 Å². The Hall–Kier alpha value is -2.83. The Morgan fingerprint density at radius 1 is 1.43 bits per heavy atom. The van der Waals surface area contributed by atoms with E-state index < -0.39 is 11.8 Å². The van der Waals surface area contributed by atoms with Gasteiger partial charge in [0.2, 0.25) is 11.8 Å². The molecule has 7 nitrogen and oxygen atoms in total. The van der Waals surface area contributed by atoms with Gasteiger partial charge < -0.3 is 15.2 Å². The monoisotopic (exact) mass is 291 g/mol. The number of benzene rings is 1. The summed E-state index contributed by atoms with van der Waals surface area (Å²) in [6.07, 6.45) is 2.44. The summed E-state index contributed by atoms with van der Waals surface area (Å²) in [6, 6.07) is 4.87. The Morgan fingerprint density at radius 3 is 2.86 bits per heavy atom. The third kappa shape index (κ3) is 5.35. The highest BCUT2D eigenvalue weighted by atomic mass is 16.5. The van der Waals surface area contributed by atoms with Crippen molar-refractivity contribution in [3.63, 3.8) is 0 Å². The zero-order valence-electron chi connectivity index (χ0n) is 11.6. The van der Waals surface area contributed by atoms with Crippen LogP contribution in [0.4, 0.5) is 0 Å². The standard InChI is InChI=1S/C14H17N3O4/c1-3-7-15-12(18)8-13(19)17-16-9-10-5-4-6-11(21-2)14(10)20/h3-6,9,20H,1,7-8H2,2H3,(H,15,18)(H,17,19)/b16-9+. The predicted octanol–water partition coefficient (Wildman–Crippen LogP) is 0.543. The van der Waals surface area contributed by atoms with Gasteiger partial charge in [0.05, 0.1) is 13.3 Å². The molecule has 1 aromatic carbocycles. The van der Waals surface area contributed by atoms with Crippen molar-refractivity contribution in [3.8, 4) is 11.5 Å². The van der Waals surface area contributed by atoms with Crippen LogP contribution in [0.15, 0.2) is 36.0 Å². The van der Waals surface area contributed by atoms with Gasteiger partial charge in [0, 0.05) is 12.1 Å². The van der Waals surface area contributed by atoms with E-state index in [4.69, 9.17) is 4.74 Å². The Kier molecular flexibility index (Phi) is 6.46. The van der Waals surface area contributed by atoms with E-state index in [9.17, 15) is 14.7 Å². The van der Waals surface area contributed by atoms with Gasteiger partial charge in [-0.3, -0.25) is 9.59 Å². The molecule has 21 heavy (non-hydrogen) atoms. The molecular formula is C14H17N3O4. The number of carbonyl (C=O) groups is 2. The molecule has 0 aliphatic carbocycles. The fourth-order valence-corrected chi connectivity index (χ4v) is 1.42. The Labute approximate surface area is 122 Å². The van der Waals surface area contributed by atoms with Gasteiger partial charge in [-0.05, 0) is 12.1 Å². The topological polar surface area (TPSA) is 100 Å². The number of hydrogen-bond donors (Lipinski definition) is 3. The second-order valence-corrected chi connectivity index (χ2v) is 3.96. The number of rotatable bonds is 7. The molecule has 0 unspecified atom stereocenters. The van der Waals surface area contributed by atoms with Gasteiger partial charge in [-0.25, -0.2) is 5.43 Å². The third-order valence-electron chi connectivity index (χ3n) is 2.41. The quantitative estimate of drug-likeness (QED) is 0.295. The van der Waals surface area contributed by atoms with Crippen molar-refractivity contribution in [2.45, 2.75) is 6.42 Å². The van der Waals surface area contributed by atoms with Gasteiger partial charge >= 0.3 is 0 Å². The molecule has 0 spiro atoms. The second kappa shape index (κ2) is 8.36. The summed E-state index contributed by atoms with van der Waals surface area (Å²) in [5.41, 5.74) is 2.58. The van der Waals surface area contributed by atoms with Crippen LogP contribution in [-0.4, -0.2) is 36.8 Å². The molecule has 1 aromatic rings. The second-order valence-electron chi connectivity index (χ2n) is 3.96. The van der Waals surface area contributed by atoms with Crippen molar-refractivity contribution in [1.82, 2.24) is 10.7 Å². The first-order valence-corrected chi connectivity index (χ1v) is 6.14. The molecule has 7 heteroatoms. The molecule has 0 bridgehead atoms. The van der Waals surface area contributed by atoms with E-state index in [1.54, 1.807) is 18.2 Å². The lowest BCUT2D eigenvalue weighted by Crippen LogP contribution is -2.29. The summed E-state index contributed by atoms with van der Waals surface area (Å²) < 4.78 is 4.94. The van der Waals surface area contributed by atoms with Crippen LogP contribution in [0.25, 0.3) is 0 Å². The van der Waals surface area contributed by atoms with Crippen molar-refractivity contribution in [1.29, 1.82) is 0 Å². The molecule has 112 valence electrons. The van der Waals surface area contributed by atoms with E-state index in [0.717, 1.165) is 0 Å². The van der Waals surface area contributed by atoms with Gasteiger partial charge in [-0.15, -0.1) is 6.58 Å². The number of phenolic OH excluding ortho intramolecular Hbond substituents is 1. The van der Waals surface area contributed by atoms with E-state index >= 15 is 0 Å². The maximum atomic E-state index is 11.4. The van der Waals surface area contributed by atoms with Crippen LogP contribution in [0, 0.1) is 0 Å². The Balaban J connectivity index is 2.53. The number of ether oxygens (including phenoxy) is 1. The van der Waals surface area contributed by atoms with Crippen LogP contribution in [-0.2, 0) is 9.59 Å². The van der Waals surface area contributed by atoms with Crippen molar-refractivity contribution in [3.05, 3.63) is 36.4 Å². The van der Waals surface area contributed by atoms with E-state index in [0.29, 0.717) is 17.9 Å². The fourth-order valence-electron chi connectivity index (χ4n) is 1.42. The summed E-state index contributed by atoms with van der Waals surface area (Å²) in [6.45, 7) is 3.74. The molecular weight excluding hydrogens is 274 g/mol. The van der Waals surface area contributed by atoms with E-state index in [1.165, 1.54) is 19.4 Å². The van der Waals surface area contributed by atoms with Crippen molar-refractivity contribution in [2.24, 2.45) is 5.10 Å². The first-order valence-electron chi connectivity index (χ1n) is 6.14. The largest absolute Gasteiger partial charge is 0.504 e. The first-order chi connectivity index (χ1) is 10.1. The Bertz CT molecular complexity index is 555. The van der Waals surface area contributed by atoms with Gasteiger partial charge in [-0.2, -0.15) is 5.10 Å². The number of nitrogens with one attached hydrogen (secondary N) is 2. The number of nitrogens with zero attached hydrogens (tertiary/aromatic N) is 1. The number of aromatic hydroxyl groups is 1. The molecule has 0 atom stereocenters. The lowest BCUT2D eigenvalue weighted by molar-refractivity contribution is -0.129. The van der Waals surface area contributed by atoms with E-state index in [1.807, 2.05) is 0 Å². The van der Waals surface area contributed by atoms with Crippen LogP contribution < -0.4 is 15.5 Å². The number of hydrazone groups is 1. The molecule has 0 aromatic heterocycles. The number of hydrogen-bond acceptors (Lipinski definition) is 5. The summed E-state index contributed by atoms with van der Waals surface area (Å²) in [5, 5.41) is 15.9. The average molecular weight is 291 g/mol. The maximum Gasteiger partial charge on any atom is 0.249 e. The summed E-state index contributed by atoms with van der Waals surface area (Å²) in [5.74, 6) is -0.766. The molecule has 2 amide bonds. The molecule has 0 aliphatic rings. The minimum absolute atomic E-state index is 0.0817. The van der Waals surface area contributed by atoms with Gasteiger partial charge in [0.1, 0.15) is 6.42 Å². The van der Waals surface area contributed by atoms with Crippen molar-refractivity contribution in [2.75, 3.05) is 13.7 Å². The highest BCUT2D eigenvalue weighted by molar-refractivity contribution is 5.97. The first kappa shape index (κ1) is 16.2. The van der Waals surface area contributed by atoms with Crippen LogP contribution in [0.1, 0.15) is 12.0 Å². The summed E-state index contributed by atoms with van der Waals surface area (Å²) in [7, 11) is 1.43. The smallest absolute Gasteiger partial charge is 0.249 e. The zero-order valence-corrected chi connectivity index (χ0v) is 11.6. The van der Waals surface area contributed by atoms with Crippen LogP contribution in [0.5, 0.6) is 11.5 Å². The van der Waals surface area contributed by atoms with Crippen LogP contribution in [0.2, 0.25) is 0 Å². The van der Waals surface area contributed by atoms with Gasteiger partial charge in [0.25, 0.3) is 0 Å². The number of carbonyl (C=O) groups excluding carboxylic acids is 2. The molecule has 0 aliphatic heterocycles. The predicted molar refractivity (Wildman–Crippen MR) is 78.2 cm³/mol. The number of amides is 2. The lowest BCUT2D eigenvalue weighted by Gasteiger charge is -2.05. The van der Waals surface area contributed by atoms with E-state index in [2.05, 4.69) is 22.4 Å². The highest BCUT2D eigenvalue weighted by Gasteiger charge is 2.08. The molecule has 0 heterocycles. The normalized spacial score (nSPS) is 10.1. The minimum atomic E-state index is -0.560. The SMILES string of the molecule is C=CCNC(=O)CC(=O)N/N=C/c1cccc(OC)c1O. The van der Waals surface area contributed by atoms with Crippen molar-refractivity contribution < 1.29 is 19.4 Å². The molecule has 1 rings (SSSR count). The summed E-state index contributed by atoms with van der Waals surface area (Å²) in [4.78, 5) is 22.7. The minimum Gasteiger partial charge on any atom is -0.504 e. The zero-order chi connectivity index (χ0) is 15.7. The number of methoxy groups -OCH3 is 1. The maximum absolute atomic E-state index is 11.4. The third-order valence-corrected chi connectivity index (χ3v) is 2.41. The molecule has 0 saturated heterocycles.